The van der Waals surface area contributed by atoms with Gasteiger partial charge in [-0.2, -0.15) is 5.26 Å². The zero-order chi connectivity index (χ0) is 18.6. The maximum Gasteiger partial charge on any atom is 0.118 e. The highest BCUT2D eigenvalue weighted by molar-refractivity contribution is 5.67. The molecule has 0 aromatic heterocycles. The van der Waals surface area contributed by atoms with Gasteiger partial charge in [0.05, 0.1) is 18.4 Å². The fourth-order valence-electron chi connectivity index (χ4n) is 4.47. The minimum Gasteiger partial charge on any atom is -0.497 e. The van der Waals surface area contributed by atoms with Gasteiger partial charge >= 0.3 is 0 Å². The molecule has 4 heteroatoms. The van der Waals surface area contributed by atoms with Gasteiger partial charge in [0.15, 0.2) is 0 Å². The van der Waals surface area contributed by atoms with Gasteiger partial charge in [0.25, 0.3) is 0 Å². The highest BCUT2D eigenvalue weighted by atomic mass is 16.5. The van der Waals surface area contributed by atoms with Crippen LogP contribution < -0.4 is 9.64 Å². The summed E-state index contributed by atoms with van der Waals surface area (Å²) in [6.07, 6.45) is 4.52. The summed E-state index contributed by atoms with van der Waals surface area (Å²) < 4.78 is 5.23. The van der Waals surface area contributed by atoms with Gasteiger partial charge in [0, 0.05) is 32.2 Å². The first kappa shape index (κ1) is 17.9. The Hall–Kier alpha value is -2.51. The van der Waals surface area contributed by atoms with Crippen molar-refractivity contribution in [3.63, 3.8) is 0 Å². The molecule has 4 nitrogen and oxygen atoms in total. The number of hydrogen-bond donors (Lipinski definition) is 0. The number of fused-ring (bicyclic) bond motifs is 1. The third-order valence-electron chi connectivity index (χ3n) is 6.02. The second kappa shape index (κ2) is 8.02. The zero-order valence-electron chi connectivity index (χ0n) is 16.0. The summed E-state index contributed by atoms with van der Waals surface area (Å²) >= 11 is 0. The van der Waals surface area contributed by atoms with Crippen LogP contribution in [0.4, 0.5) is 5.69 Å². The molecule has 2 aliphatic heterocycles. The van der Waals surface area contributed by atoms with E-state index in [0.717, 1.165) is 50.3 Å². The van der Waals surface area contributed by atoms with Gasteiger partial charge < -0.3 is 14.5 Å². The molecule has 0 unspecified atom stereocenters. The molecule has 0 N–H and O–H groups in total. The van der Waals surface area contributed by atoms with Crippen molar-refractivity contribution in [1.82, 2.24) is 4.90 Å². The molecule has 2 aromatic rings. The van der Waals surface area contributed by atoms with Gasteiger partial charge in [0.2, 0.25) is 0 Å². The maximum atomic E-state index is 9.48. The number of piperidine rings is 1. The summed E-state index contributed by atoms with van der Waals surface area (Å²) in [5.41, 5.74) is 4.75. The Morgan fingerprint density at radius 3 is 2.56 bits per heavy atom. The summed E-state index contributed by atoms with van der Waals surface area (Å²) in [5, 5.41) is 9.48. The molecule has 4 rings (SSSR count). The number of nitriles is 1. The number of hydrogen-bond acceptors (Lipinski definition) is 4. The average molecular weight is 361 g/mol. The lowest BCUT2D eigenvalue weighted by Gasteiger charge is -2.38. The number of benzene rings is 2. The quantitative estimate of drug-likeness (QED) is 0.815. The fraction of sp³-hybridized carbons (Fsp3) is 0.435. The van der Waals surface area contributed by atoms with Crippen LogP contribution in [0.2, 0.25) is 0 Å². The van der Waals surface area contributed by atoms with Gasteiger partial charge in [0.1, 0.15) is 11.8 Å². The monoisotopic (exact) mass is 361 g/mol. The van der Waals surface area contributed by atoms with Crippen LogP contribution in [0.1, 0.15) is 29.5 Å². The largest absolute Gasteiger partial charge is 0.497 e. The van der Waals surface area contributed by atoms with E-state index < -0.39 is 0 Å². The first-order valence-corrected chi connectivity index (χ1v) is 9.92. The van der Waals surface area contributed by atoms with Crippen LogP contribution in [0.15, 0.2) is 42.5 Å². The lowest BCUT2D eigenvalue weighted by Crippen LogP contribution is -2.45. The van der Waals surface area contributed by atoms with E-state index in [4.69, 9.17) is 4.74 Å². The summed E-state index contributed by atoms with van der Waals surface area (Å²) in [7, 11) is 1.71. The van der Waals surface area contributed by atoms with E-state index in [9.17, 15) is 5.26 Å². The van der Waals surface area contributed by atoms with Crippen LogP contribution in [0, 0.1) is 11.3 Å². The number of anilines is 1. The number of para-hydroxylation sites is 1. The summed E-state index contributed by atoms with van der Waals surface area (Å²) in [6, 6.07) is 17.5. The molecule has 140 valence electrons. The number of ether oxygens (including phenoxy) is 1. The fourth-order valence-corrected chi connectivity index (χ4v) is 4.47. The van der Waals surface area contributed by atoms with E-state index in [1.165, 1.54) is 29.7 Å². The smallest absolute Gasteiger partial charge is 0.118 e. The van der Waals surface area contributed by atoms with Crippen LogP contribution in [0.3, 0.4) is 0 Å². The van der Waals surface area contributed by atoms with Gasteiger partial charge in [-0.05, 0) is 55.0 Å². The van der Waals surface area contributed by atoms with Crippen molar-refractivity contribution in [2.45, 2.75) is 31.7 Å². The van der Waals surface area contributed by atoms with Crippen molar-refractivity contribution in [3.05, 3.63) is 59.2 Å². The summed E-state index contributed by atoms with van der Waals surface area (Å²) in [5.74, 6) is 0.919. The van der Waals surface area contributed by atoms with Crippen molar-refractivity contribution in [3.8, 4) is 11.8 Å². The van der Waals surface area contributed by atoms with Crippen molar-refractivity contribution in [1.29, 1.82) is 5.26 Å². The topological polar surface area (TPSA) is 39.5 Å². The van der Waals surface area contributed by atoms with Crippen molar-refractivity contribution < 1.29 is 4.74 Å². The van der Waals surface area contributed by atoms with Gasteiger partial charge in [-0.3, -0.25) is 0 Å². The number of methoxy groups -OCH3 is 1. The molecule has 0 radical (unpaired) electrons. The van der Waals surface area contributed by atoms with E-state index in [-0.39, 0.29) is 0 Å². The molecule has 0 amide bonds. The van der Waals surface area contributed by atoms with E-state index in [1.54, 1.807) is 7.11 Å². The standard InChI is InChI=1S/C23H27N3O/c1-27-22-7-5-18(6-8-22)9-13-25-14-11-21(12-15-25)26-16-10-19-3-2-4-20(17-24)23(19)26/h2-8,21H,9-16H2,1H3. The maximum absolute atomic E-state index is 9.48. The second-order valence-electron chi connectivity index (χ2n) is 7.54. The molecule has 0 bridgehead atoms. The zero-order valence-corrected chi connectivity index (χ0v) is 16.0. The minimum atomic E-state index is 0.568. The van der Waals surface area contributed by atoms with E-state index >= 15 is 0 Å². The summed E-state index contributed by atoms with van der Waals surface area (Å²) in [6.45, 7) is 4.45. The molecule has 2 aliphatic rings. The lowest BCUT2D eigenvalue weighted by molar-refractivity contribution is 0.212. The molecule has 1 saturated heterocycles. The van der Waals surface area contributed by atoms with Crippen LogP contribution in [-0.2, 0) is 12.8 Å². The Morgan fingerprint density at radius 2 is 1.85 bits per heavy atom. The van der Waals surface area contributed by atoms with Crippen LogP contribution in [-0.4, -0.2) is 44.2 Å². The van der Waals surface area contributed by atoms with Crippen molar-refractivity contribution in [2.24, 2.45) is 0 Å². The number of likely N-dealkylation sites (tertiary alicyclic amines) is 1. The van der Waals surface area contributed by atoms with E-state index in [0.29, 0.717) is 6.04 Å². The minimum absolute atomic E-state index is 0.568. The van der Waals surface area contributed by atoms with Gasteiger partial charge in [-0.1, -0.05) is 24.3 Å². The van der Waals surface area contributed by atoms with Crippen LogP contribution >= 0.6 is 0 Å². The van der Waals surface area contributed by atoms with Gasteiger partial charge in [-0.25, -0.2) is 0 Å². The molecular formula is C23H27N3O. The molecule has 2 aromatic carbocycles. The molecule has 0 saturated carbocycles. The predicted molar refractivity (Wildman–Crippen MR) is 108 cm³/mol. The Bertz CT molecular complexity index is 817. The first-order chi connectivity index (χ1) is 13.3. The average Bonchev–Trinajstić information content (AvgIpc) is 3.17. The SMILES string of the molecule is COc1ccc(CCN2CCC(N3CCc4cccc(C#N)c43)CC2)cc1. The third-order valence-corrected chi connectivity index (χ3v) is 6.02. The molecule has 0 spiro atoms. The second-order valence-corrected chi connectivity index (χ2v) is 7.54. The van der Waals surface area contributed by atoms with E-state index in [2.05, 4.69) is 34.1 Å². The Morgan fingerprint density at radius 1 is 1.07 bits per heavy atom. The molecular weight excluding hydrogens is 334 g/mol. The van der Waals surface area contributed by atoms with Gasteiger partial charge in [-0.15, -0.1) is 0 Å². The number of nitrogens with zero attached hydrogens (tertiary/aromatic N) is 3. The third kappa shape index (κ3) is 3.79. The highest BCUT2D eigenvalue weighted by Gasteiger charge is 2.30. The Kier molecular flexibility index (Phi) is 5.31. The van der Waals surface area contributed by atoms with Crippen LogP contribution in [0.25, 0.3) is 0 Å². The predicted octanol–water partition coefficient (Wildman–Crippen LogP) is 3.64. The van der Waals surface area contributed by atoms with Crippen molar-refractivity contribution in [2.75, 3.05) is 38.2 Å². The molecule has 27 heavy (non-hydrogen) atoms. The Balaban J connectivity index is 1.32. The van der Waals surface area contributed by atoms with Crippen LogP contribution in [0.5, 0.6) is 5.75 Å². The molecule has 0 aliphatic carbocycles. The normalized spacial score (nSPS) is 17.6. The molecule has 2 heterocycles. The molecule has 1 fully saturated rings. The molecule has 0 atom stereocenters. The van der Waals surface area contributed by atoms with E-state index in [1.807, 2.05) is 24.3 Å². The highest BCUT2D eigenvalue weighted by Crippen LogP contribution is 2.35. The number of rotatable bonds is 5. The van der Waals surface area contributed by atoms with Crippen molar-refractivity contribution >= 4 is 5.69 Å². The first-order valence-electron chi connectivity index (χ1n) is 9.92. The lowest BCUT2D eigenvalue weighted by atomic mass is 10.0. The Labute approximate surface area is 162 Å². The summed E-state index contributed by atoms with van der Waals surface area (Å²) in [4.78, 5) is 5.09.